The number of aliphatic hydroxyl groups excluding tert-OH is 1. The number of benzene rings is 3. The third-order valence-electron chi connectivity index (χ3n) is 5.71. The van der Waals surface area contributed by atoms with E-state index in [1.165, 1.54) is 12.1 Å². The smallest absolute Gasteiger partial charge is 0.441 e. The van der Waals surface area contributed by atoms with Crippen molar-refractivity contribution in [2.24, 2.45) is 4.36 Å². The Morgan fingerprint density at radius 1 is 1.05 bits per heavy atom. The van der Waals surface area contributed by atoms with E-state index < -0.39 is 26.7 Å². The molecule has 1 aromatic heterocycles. The SMILES string of the molecule is CCOC(=O)/N=[SH](=O)\c1cccc(Nc2ncc(-c3ccc(NS(=O)(=O)c4ccccc4)cc3)c(NC(C)CO)n2)c1. The molecule has 0 aliphatic rings. The van der Waals surface area contributed by atoms with E-state index in [0.717, 1.165) is 0 Å². The number of nitrogens with one attached hydrogen (secondary N) is 3. The van der Waals surface area contributed by atoms with Crippen LogP contribution in [0, 0.1) is 0 Å². The standard InChI is InChI=1S/C28H30N6O6S2/c1-3-40-28(36)33-41(37)23-9-7-8-22(16-23)31-27-29-17-25(26(32-27)30-19(2)18-35)20-12-14-21(15-13-20)34-42(38,39)24-10-5-4-6-11-24/h4-17,19,34-35,41H,3,18H2,1-2H3,(H2,29,30,31,32). The molecule has 1 amide bonds. The van der Waals surface area contributed by atoms with Gasteiger partial charge in [-0.15, -0.1) is 4.36 Å². The van der Waals surface area contributed by atoms with Crippen LogP contribution in [0.15, 0.2) is 99.2 Å². The summed E-state index contributed by atoms with van der Waals surface area (Å²) in [4.78, 5) is 21.0. The number of carbonyl (C=O) groups excluding carboxylic acids is 1. The molecule has 220 valence electrons. The molecule has 0 fully saturated rings. The van der Waals surface area contributed by atoms with Gasteiger partial charge in [0, 0.05) is 34.1 Å². The molecule has 0 saturated carbocycles. The maximum atomic E-state index is 12.7. The highest BCUT2D eigenvalue weighted by Gasteiger charge is 2.15. The second-order valence-electron chi connectivity index (χ2n) is 8.93. The molecule has 0 aliphatic carbocycles. The molecule has 0 saturated heterocycles. The minimum Gasteiger partial charge on any atom is -0.448 e. The summed E-state index contributed by atoms with van der Waals surface area (Å²) in [5, 5.41) is 15.8. The fourth-order valence-corrected chi connectivity index (χ4v) is 5.55. The fourth-order valence-electron chi connectivity index (χ4n) is 3.69. The monoisotopic (exact) mass is 610 g/mol. The van der Waals surface area contributed by atoms with Crippen molar-refractivity contribution in [3.63, 3.8) is 0 Å². The second-order valence-corrected chi connectivity index (χ2v) is 11.9. The van der Waals surface area contributed by atoms with Crippen LogP contribution in [0.5, 0.6) is 0 Å². The third kappa shape index (κ3) is 8.02. The van der Waals surface area contributed by atoms with Crippen molar-refractivity contribution < 1.29 is 27.3 Å². The minimum atomic E-state index is -3.74. The summed E-state index contributed by atoms with van der Waals surface area (Å²) in [6, 6.07) is 21.0. The van der Waals surface area contributed by atoms with Gasteiger partial charge in [-0.3, -0.25) is 4.72 Å². The second kappa shape index (κ2) is 13.9. The highest BCUT2D eigenvalue weighted by Crippen LogP contribution is 2.30. The predicted molar refractivity (Wildman–Crippen MR) is 162 cm³/mol. The van der Waals surface area contributed by atoms with Crippen molar-refractivity contribution >= 4 is 49.9 Å². The summed E-state index contributed by atoms with van der Waals surface area (Å²) in [6.45, 7) is 3.40. The Bertz CT molecular complexity index is 1730. The highest BCUT2D eigenvalue weighted by atomic mass is 32.2. The zero-order chi connectivity index (χ0) is 30.1. The number of carbonyl (C=O) groups is 1. The first-order chi connectivity index (χ1) is 20.2. The summed E-state index contributed by atoms with van der Waals surface area (Å²) < 4.78 is 48.6. The van der Waals surface area contributed by atoms with Crippen LogP contribution in [0.2, 0.25) is 0 Å². The Morgan fingerprint density at radius 3 is 2.48 bits per heavy atom. The zero-order valence-corrected chi connectivity index (χ0v) is 24.5. The lowest BCUT2D eigenvalue weighted by Crippen LogP contribution is -2.21. The molecule has 0 bridgehead atoms. The summed E-state index contributed by atoms with van der Waals surface area (Å²) in [5.41, 5.74) is 2.21. The number of ether oxygens (including phenoxy) is 1. The van der Waals surface area contributed by atoms with Crippen molar-refractivity contribution in [3.8, 4) is 11.1 Å². The van der Waals surface area contributed by atoms with Gasteiger partial charge in [0.1, 0.15) is 5.82 Å². The Kier molecular flexibility index (Phi) is 10.1. The van der Waals surface area contributed by atoms with Gasteiger partial charge in [0.25, 0.3) is 10.0 Å². The first kappa shape index (κ1) is 30.4. The van der Waals surface area contributed by atoms with Crippen LogP contribution in [0.1, 0.15) is 13.8 Å². The number of sulfonamides is 1. The van der Waals surface area contributed by atoms with Crippen LogP contribution < -0.4 is 15.4 Å². The molecule has 4 N–H and O–H groups in total. The van der Waals surface area contributed by atoms with Gasteiger partial charge in [0.05, 0.1) is 28.7 Å². The Labute approximate surface area is 245 Å². The molecule has 0 spiro atoms. The van der Waals surface area contributed by atoms with Gasteiger partial charge >= 0.3 is 6.09 Å². The maximum Gasteiger partial charge on any atom is 0.441 e. The molecule has 4 rings (SSSR count). The van der Waals surface area contributed by atoms with Crippen LogP contribution in [-0.2, 0) is 25.4 Å². The highest BCUT2D eigenvalue weighted by molar-refractivity contribution is 7.92. The van der Waals surface area contributed by atoms with E-state index in [2.05, 4.69) is 29.7 Å². The normalized spacial score (nSPS) is 12.7. The van der Waals surface area contributed by atoms with E-state index in [0.29, 0.717) is 33.2 Å². The number of amides is 1. The van der Waals surface area contributed by atoms with E-state index in [-0.39, 0.29) is 30.1 Å². The van der Waals surface area contributed by atoms with E-state index >= 15 is 0 Å². The number of hydrogen-bond donors (Lipinski definition) is 5. The minimum absolute atomic E-state index is 0.128. The van der Waals surface area contributed by atoms with Crippen LogP contribution >= 0.6 is 0 Å². The Hall–Kier alpha value is -4.53. The molecule has 42 heavy (non-hydrogen) atoms. The first-order valence-corrected chi connectivity index (χ1v) is 15.5. The number of nitrogens with zero attached hydrogens (tertiary/aromatic N) is 3. The number of anilines is 4. The van der Waals surface area contributed by atoms with Crippen LogP contribution in [0.4, 0.5) is 27.9 Å². The molecular formula is C28H30N6O6S2. The van der Waals surface area contributed by atoms with E-state index in [1.807, 2.05) is 0 Å². The van der Waals surface area contributed by atoms with Crippen molar-refractivity contribution in [2.45, 2.75) is 29.7 Å². The largest absolute Gasteiger partial charge is 0.448 e. The van der Waals surface area contributed by atoms with Crippen LogP contribution in [0.25, 0.3) is 11.1 Å². The van der Waals surface area contributed by atoms with Crippen LogP contribution in [0.3, 0.4) is 0 Å². The number of rotatable bonds is 11. The van der Waals surface area contributed by atoms with Gasteiger partial charge in [0.15, 0.2) is 0 Å². The van der Waals surface area contributed by atoms with E-state index in [1.54, 1.807) is 86.8 Å². The molecule has 12 nitrogen and oxygen atoms in total. The first-order valence-electron chi connectivity index (χ1n) is 12.8. The van der Waals surface area contributed by atoms with Crippen molar-refractivity contribution in [1.82, 2.24) is 9.97 Å². The average molecular weight is 611 g/mol. The van der Waals surface area contributed by atoms with Crippen molar-refractivity contribution in [3.05, 3.63) is 85.1 Å². The van der Waals surface area contributed by atoms with Gasteiger partial charge in [-0.2, -0.15) is 4.98 Å². The van der Waals surface area contributed by atoms with Gasteiger partial charge < -0.3 is 20.5 Å². The molecule has 3 aromatic carbocycles. The molecule has 0 radical (unpaired) electrons. The summed E-state index contributed by atoms with van der Waals surface area (Å²) in [5.74, 6) is 0.638. The van der Waals surface area contributed by atoms with Gasteiger partial charge in [-0.25, -0.2) is 22.4 Å². The topological polar surface area (TPSA) is 172 Å². The summed E-state index contributed by atoms with van der Waals surface area (Å²) >= 11 is 0. The van der Waals surface area contributed by atoms with Crippen molar-refractivity contribution in [1.29, 1.82) is 0 Å². The molecule has 4 aromatic rings. The maximum absolute atomic E-state index is 12.7. The third-order valence-corrected chi connectivity index (χ3v) is 8.17. The number of thiol groups is 1. The summed E-state index contributed by atoms with van der Waals surface area (Å²) in [6.07, 6.45) is 0.692. The van der Waals surface area contributed by atoms with Crippen LogP contribution in [-0.4, -0.2) is 53.1 Å². The number of hydrogen-bond acceptors (Lipinski definition) is 10. The molecule has 2 atom stereocenters. The molecular weight excluding hydrogens is 580 g/mol. The molecule has 0 aliphatic heterocycles. The van der Waals surface area contributed by atoms with Gasteiger partial charge in [-0.1, -0.05) is 36.4 Å². The van der Waals surface area contributed by atoms with Gasteiger partial charge in [-0.05, 0) is 61.9 Å². The lowest BCUT2D eigenvalue weighted by molar-refractivity contribution is 0.164. The summed E-state index contributed by atoms with van der Waals surface area (Å²) in [7, 11) is -6.10. The molecule has 2 unspecified atom stereocenters. The molecule has 1 heterocycles. The lowest BCUT2D eigenvalue weighted by Gasteiger charge is -2.17. The Balaban J connectivity index is 1.58. The van der Waals surface area contributed by atoms with E-state index in [9.17, 15) is 22.5 Å². The van der Waals surface area contributed by atoms with Gasteiger partial charge in [0.2, 0.25) is 5.95 Å². The van der Waals surface area contributed by atoms with E-state index in [4.69, 9.17) is 4.74 Å². The number of aromatic nitrogens is 2. The Morgan fingerprint density at radius 2 is 1.79 bits per heavy atom. The quantitative estimate of drug-likeness (QED) is 0.150. The lowest BCUT2D eigenvalue weighted by atomic mass is 10.1. The predicted octanol–water partition coefficient (Wildman–Crippen LogP) is 4.66. The fraction of sp³-hybridized carbons (Fsp3) is 0.179. The van der Waals surface area contributed by atoms with Crippen molar-refractivity contribution in [2.75, 3.05) is 28.6 Å². The average Bonchev–Trinajstić information content (AvgIpc) is 2.98. The number of aliphatic hydroxyl groups is 1. The zero-order valence-electron chi connectivity index (χ0n) is 22.8. The molecule has 14 heteroatoms.